The van der Waals surface area contributed by atoms with Crippen LogP contribution >= 0.6 is 0 Å². The van der Waals surface area contributed by atoms with Gasteiger partial charge in [0.2, 0.25) is 0 Å². The first-order chi connectivity index (χ1) is 13.4. The first-order valence-electron chi connectivity index (χ1n) is 10.5. The van der Waals surface area contributed by atoms with Gasteiger partial charge in [-0.15, -0.1) is 23.7 Å². The molecule has 0 saturated heterocycles. The Morgan fingerprint density at radius 2 is 0.677 bits per heavy atom. The zero-order valence-corrected chi connectivity index (χ0v) is 23.1. The van der Waals surface area contributed by atoms with Crippen LogP contribution in [-0.2, 0) is 31.3 Å². The van der Waals surface area contributed by atoms with Crippen LogP contribution < -0.4 is 20.4 Å². The van der Waals surface area contributed by atoms with Gasteiger partial charge in [-0.05, 0) is 24.0 Å². The molecule has 0 rings (SSSR count). The quantitative estimate of drug-likeness (QED) is 0.326. The summed E-state index contributed by atoms with van der Waals surface area (Å²) in [5.74, 6) is -0.606. The minimum absolute atomic E-state index is 0. The van der Waals surface area contributed by atoms with E-state index in [-0.39, 0.29) is 68.5 Å². The molecule has 0 fully saturated rings. The normalized spacial score (nSPS) is 11.4. The molecule has 0 bridgehead atoms. The molecule has 0 aliphatic heterocycles. The Morgan fingerprint density at radius 1 is 0.516 bits per heavy atom. The van der Waals surface area contributed by atoms with Gasteiger partial charge in [-0.2, -0.15) is 0 Å². The van der Waals surface area contributed by atoms with E-state index in [1.807, 2.05) is 0 Å². The summed E-state index contributed by atoms with van der Waals surface area (Å²) in [4.78, 5) is 22.0. The van der Waals surface area contributed by atoms with E-state index in [1.54, 1.807) is 83.1 Å². The fraction of sp³-hybridized carbons (Fsp3) is 0.750. The van der Waals surface area contributed by atoms with E-state index < -0.39 is 12.2 Å². The van der Waals surface area contributed by atoms with Crippen molar-refractivity contribution < 1.29 is 51.7 Å². The molecule has 0 aromatic heterocycles. The first-order valence-corrected chi connectivity index (χ1v) is 10.5. The fourth-order valence-corrected chi connectivity index (χ4v) is 0.947. The number of allylic oxidation sites excluding steroid dienone is 4. The summed E-state index contributed by atoms with van der Waals surface area (Å²) in [5, 5.41) is 41.0. The molecule has 0 aliphatic carbocycles. The van der Waals surface area contributed by atoms with E-state index in [4.69, 9.17) is 0 Å². The predicted octanol–water partition coefficient (Wildman–Crippen LogP) is 1.73. The van der Waals surface area contributed by atoms with E-state index in [2.05, 4.69) is 0 Å². The zero-order valence-electron chi connectivity index (χ0n) is 21.6. The second-order valence-corrected chi connectivity index (χ2v) is 8.61. The molecule has 0 radical (unpaired) electrons. The third-order valence-corrected chi connectivity index (χ3v) is 2.85. The molecule has 0 atom stereocenters. The van der Waals surface area contributed by atoms with Crippen molar-refractivity contribution in [2.75, 3.05) is 0 Å². The van der Waals surface area contributed by atoms with Crippen LogP contribution in [0.3, 0.4) is 0 Å². The first kappa shape index (κ1) is 40.4. The van der Waals surface area contributed by atoms with Gasteiger partial charge in [-0.1, -0.05) is 83.1 Å². The minimum atomic E-state index is -0.417. The van der Waals surface area contributed by atoms with Gasteiger partial charge in [0.15, 0.2) is 11.6 Å². The van der Waals surface area contributed by atoms with E-state index in [1.165, 1.54) is 12.2 Å². The van der Waals surface area contributed by atoms with Crippen molar-refractivity contribution in [2.24, 2.45) is 23.7 Å². The van der Waals surface area contributed by atoms with Gasteiger partial charge in [0.05, 0.1) is 0 Å². The van der Waals surface area contributed by atoms with Crippen molar-refractivity contribution in [1.29, 1.82) is 0 Å². The second-order valence-electron chi connectivity index (χ2n) is 8.61. The van der Waals surface area contributed by atoms with Crippen LogP contribution in [0.1, 0.15) is 83.1 Å². The zero-order chi connectivity index (χ0) is 25.2. The molecule has 7 heteroatoms. The number of hydrogen-bond donors (Lipinski definition) is 0. The molecule has 0 unspecified atom stereocenters. The Kier molecular flexibility index (Phi) is 30.9. The minimum Gasteiger partial charge on any atom is -0.875 e. The molecule has 0 heterocycles. The largest absolute Gasteiger partial charge is 4.00 e. The van der Waals surface area contributed by atoms with Gasteiger partial charge < -0.3 is 20.4 Å². The van der Waals surface area contributed by atoms with Gasteiger partial charge in [0.25, 0.3) is 0 Å². The molecule has 0 saturated carbocycles. The van der Waals surface area contributed by atoms with Gasteiger partial charge in [0.1, 0.15) is 0 Å². The van der Waals surface area contributed by atoms with Crippen LogP contribution in [0.2, 0.25) is 0 Å². The average molecular weight is 476 g/mol. The molecule has 6 nitrogen and oxygen atoms in total. The maximum Gasteiger partial charge on any atom is 4.00 e. The predicted molar refractivity (Wildman–Crippen MR) is 116 cm³/mol. The number of hydrogen-bond acceptors (Lipinski definition) is 6. The van der Waals surface area contributed by atoms with Crippen LogP contribution in [0.15, 0.2) is 23.7 Å². The Hall–Kier alpha value is -0.946. The van der Waals surface area contributed by atoms with Crippen LogP contribution in [0.25, 0.3) is 0 Å². The number of carbonyl (C=O) groups is 2. The van der Waals surface area contributed by atoms with Crippen molar-refractivity contribution in [3.8, 4) is 0 Å². The molecular formula is C24H44O6Ti. The molecule has 31 heavy (non-hydrogen) atoms. The van der Waals surface area contributed by atoms with Crippen molar-refractivity contribution in [1.82, 2.24) is 0 Å². The van der Waals surface area contributed by atoms with Gasteiger partial charge in [-0.3, -0.25) is 9.59 Å². The Labute approximate surface area is 205 Å². The Bertz CT molecular complexity index is 453. The van der Waals surface area contributed by atoms with Crippen LogP contribution in [0, 0.1) is 23.7 Å². The van der Waals surface area contributed by atoms with Gasteiger partial charge in [0, 0.05) is 11.8 Å². The Balaban J connectivity index is -0.000000106. The molecular weight excluding hydrogens is 432 g/mol. The van der Waals surface area contributed by atoms with E-state index in [0.29, 0.717) is 0 Å². The number of ketones is 2. The summed E-state index contributed by atoms with van der Waals surface area (Å²) in [6, 6.07) is 0. The summed E-state index contributed by atoms with van der Waals surface area (Å²) in [7, 11) is 0. The van der Waals surface area contributed by atoms with Crippen LogP contribution in [-0.4, -0.2) is 23.8 Å². The molecule has 0 spiro atoms. The SMILES string of the molecule is CC(C)C(=O)/C=C(\[O-])C(C)C.CC(C)C(=O)/C=C(\[O-])C(C)C.CC(C)[O-].CC(C)[O-].[Ti+4]. The number of rotatable bonds is 6. The summed E-state index contributed by atoms with van der Waals surface area (Å²) < 4.78 is 0. The molecule has 180 valence electrons. The summed E-state index contributed by atoms with van der Waals surface area (Å²) >= 11 is 0. The van der Waals surface area contributed by atoms with Crippen LogP contribution in [0.4, 0.5) is 0 Å². The van der Waals surface area contributed by atoms with Gasteiger partial charge in [-0.25, -0.2) is 0 Å². The van der Waals surface area contributed by atoms with E-state index in [9.17, 15) is 30.0 Å². The number of carbonyl (C=O) groups excluding carboxylic acids is 2. The van der Waals surface area contributed by atoms with Crippen molar-refractivity contribution in [3.05, 3.63) is 23.7 Å². The third-order valence-electron chi connectivity index (χ3n) is 2.85. The fourth-order valence-electron chi connectivity index (χ4n) is 0.947. The van der Waals surface area contributed by atoms with E-state index in [0.717, 1.165) is 0 Å². The molecule has 0 aromatic rings. The second kappa shape index (κ2) is 23.7. The topological polar surface area (TPSA) is 126 Å². The molecule has 0 N–H and O–H groups in total. The smallest absolute Gasteiger partial charge is 0.875 e. The summed E-state index contributed by atoms with van der Waals surface area (Å²) in [6.45, 7) is 20.7. The molecule has 0 aliphatic rings. The monoisotopic (exact) mass is 476 g/mol. The summed E-state index contributed by atoms with van der Waals surface area (Å²) in [6.07, 6.45) is 1.57. The van der Waals surface area contributed by atoms with Crippen LogP contribution in [0.5, 0.6) is 0 Å². The van der Waals surface area contributed by atoms with E-state index >= 15 is 0 Å². The summed E-state index contributed by atoms with van der Waals surface area (Å²) in [5.41, 5.74) is 0. The van der Waals surface area contributed by atoms with Gasteiger partial charge >= 0.3 is 21.7 Å². The standard InChI is InChI=1S/2C9H16O2.2C3H7O.Ti/c2*1-6(2)8(10)5-9(11)7(3)4;2*1-3(2)4;/h2*5-7,10H,1-4H3;2*3H,1-2H3;/q;;2*-1;+4/p-2/b2*8-5-;;;. The molecule has 0 amide bonds. The average Bonchev–Trinajstić information content (AvgIpc) is 2.53. The maximum absolute atomic E-state index is 11.0. The van der Waals surface area contributed by atoms with Crippen molar-refractivity contribution >= 4 is 11.6 Å². The van der Waals surface area contributed by atoms with Crippen molar-refractivity contribution in [3.63, 3.8) is 0 Å². The third kappa shape index (κ3) is 40.0. The van der Waals surface area contributed by atoms with Crippen molar-refractivity contribution in [2.45, 2.75) is 95.3 Å². The Morgan fingerprint density at radius 3 is 0.774 bits per heavy atom. The maximum atomic E-state index is 11.0. The molecule has 0 aromatic carbocycles.